The van der Waals surface area contributed by atoms with Gasteiger partial charge in [0.25, 0.3) is 0 Å². The highest BCUT2D eigenvalue weighted by atomic mass is 19.2. The van der Waals surface area contributed by atoms with Gasteiger partial charge in [-0.15, -0.1) is 0 Å². The van der Waals surface area contributed by atoms with Crippen molar-refractivity contribution in [2.45, 2.75) is 13.8 Å². The summed E-state index contributed by atoms with van der Waals surface area (Å²) < 4.78 is 55.4. The summed E-state index contributed by atoms with van der Waals surface area (Å²) in [7, 11) is 2.63. The average Bonchev–Trinajstić information content (AvgIpc) is 2.60. The number of aliphatic carboxylic acids is 2. The molecular weight excluding hydrogens is 372 g/mol. The first-order chi connectivity index (χ1) is 12.5. The van der Waals surface area contributed by atoms with Crippen LogP contribution in [0.4, 0.5) is 23.2 Å². The first-order valence-electron chi connectivity index (χ1n) is 7.87. The summed E-state index contributed by atoms with van der Waals surface area (Å²) in [6.07, 6.45) is 2.57. The maximum atomic E-state index is 13.9. The van der Waals surface area contributed by atoms with E-state index in [-0.39, 0.29) is 0 Å². The lowest BCUT2D eigenvalue weighted by atomic mass is 10.1. The number of anilines is 1. The topological polar surface area (TPSA) is 81.1 Å². The molecule has 0 aliphatic rings. The van der Waals surface area contributed by atoms with Crippen LogP contribution in [0.3, 0.4) is 0 Å². The third-order valence-electron chi connectivity index (χ3n) is 3.45. The zero-order valence-corrected chi connectivity index (χ0v) is 15.4. The molecule has 0 unspecified atom stereocenters. The number of benzene rings is 1. The van der Waals surface area contributed by atoms with E-state index in [0.29, 0.717) is 6.54 Å². The molecule has 0 aliphatic carbocycles. The van der Waals surface area contributed by atoms with Crippen LogP contribution in [0.1, 0.15) is 19.4 Å². The Kier molecular flexibility index (Phi) is 10.1. The Morgan fingerprint density at radius 3 is 1.59 bits per heavy atom. The molecule has 0 saturated heterocycles. The van der Waals surface area contributed by atoms with Gasteiger partial charge in [0.1, 0.15) is 5.69 Å². The molecule has 0 aliphatic heterocycles. The first-order valence-corrected chi connectivity index (χ1v) is 7.87. The fourth-order valence-electron chi connectivity index (χ4n) is 1.98. The van der Waals surface area contributed by atoms with E-state index < -0.39 is 46.5 Å². The maximum absolute atomic E-state index is 13.9. The SMILES string of the molecule is CCN(CC)CC=Cc1c(F)c(F)c(N(C)C)c(F)c1F.O=C(O)C(=O)O. The molecule has 0 aromatic heterocycles. The molecule has 2 N–H and O–H groups in total. The third kappa shape index (κ3) is 6.89. The van der Waals surface area contributed by atoms with Crippen LogP contribution in [0.25, 0.3) is 6.08 Å². The molecule has 0 atom stereocenters. The average molecular weight is 394 g/mol. The normalized spacial score (nSPS) is 10.7. The molecule has 0 fully saturated rings. The Morgan fingerprint density at radius 1 is 0.889 bits per heavy atom. The van der Waals surface area contributed by atoms with Crippen LogP contribution in [0.2, 0.25) is 0 Å². The summed E-state index contributed by atoms with van der Waals surface area (Å²) in [4.78, 5) is 21.2. The predicted molar refractivity (Wildman–Crippen MR) is 92.7 cm³/mol. The Bertz CT molecular complexity index is 664. The van der Waals surface area contributed by atoms with E-state index in [1.54, 1.807) is 0 Å². The first kappa shape index (κ1) is 24.4. The second-order valence-corrected chi connectivity index (χ2v) is 5.41. The van der Waals surface area contributed by atoms with Gasteiger partial charge in [-0.3, -0.25) is 0 Å². The molecule has 0 spiro atoms. The molecule has 0 saturated carbocycles. The Hall–Kier alpha value is -2.62. The van der Waals surface area contributed by atoms with E-state index in [0.717, 1.165) is 24.1 Å². The zero-order chi connectivity index (χ0) is 21.3. The van der Waals surface area contributed by atoms with Gasteiger partial charge in [-0.25, -0.2) is 27.2 Å². The molecule has 27 heavy (non-hydrogen) atoms. The van der Waals surface area contributed by atoms with E-state index in [1.165, 1.54) is 20.2 Å². The Morgan fingerprint density at radius 2 is 1.30 bits per heavy atom. The summed E-state index contributed by atoms with van der Waals surface area (Å²) in [5, 5.41) is 14.8. The molecular formula is C17H22F4N2O4. The van der Waals surface area contributed by atoms with Crippen LogP contribution in [-0.4, -0.2) is 60.8 Å². The smallest absolute Gasteiger partial charge is 0.414 e. The van der Waals surface area contributed by atoms with Gasteiger partial charge in [0, 0.05) is 20.6 Å². The molecule has 6 nitrogen and oxygen atoms in total. The second-order valence-electron chi connectivity index (χ2n) is 5.41. The molecule has 1 aromatic rings. The van der Waals surface area contributed by atoms with Crippen LogP contribution >= 0.6 is 0 Å². The lowest BCUT2D eigenvalue weighted by Gasteiger charge is -2.17. The van der Waals surface area contributed by atoms with Gasteiger partial charge in [-0.2, -0.15) is 0 Å². The van der Waals surface area contributed by atoms with Gasteiger partial charge in [0.2, 0.25) is 0 Å². The van der Waals surface area contributed by atoms with Crippen molar-refractivity contribution in [2.75, 3.05) is 38.6 Å². The lowest BCUT2D eigenvalue weighted by Crippen LogP contribution is -2.22. The summed E-state index contributed by atoms with van der Waals surface area (Å²) >= 11 is 0. The zero-order valence-electron chi connectivity index (χ0n) is 15.4. The van der Waals surface area contributed by atoms with E-state index in [9.17, 15) is 17.6 Å². The molecule has 0 heterocycles. The van der Waals surface area contributed by atoms with Crippen molar-refractivity contribution in [3.63, 3.8) is 0 Å². The standard InChI is InChI=1S/C15H20F4N2.C2H2O4/c1-5-21(6-2)9-7-8-10-11(16)13(18)15(20(3)4)14(19)12(10)17;3-1(4)2(5)6/h7-8H,5-6,9H2,1-4H3;(H,3,4)(H,5,6). The minimum atomic E-state index is -1.82. The fraction of sp³-hybridized carbons (Fsp3) is 0.412. The number of carbonyl (C=O) groups is 2. The summed E-state index contributed by atoms with van der Waals surface area (Å²) in [5.74, 6) is -9.19. The quantitative estimate of drug-likeness (QED) is 0.439. The molecule has 0 radical (unpaired) electrons. The van der Waals surface area contributed by atoms with Crippen LogP contribution in [0.5, 0.6) is 0 Å². The molecule has 1 rings (SSSR count). The largest absolute Gasteiger partial charge is 0.473 e. The number of rotatable bonds is 6. The number of carboxylic acid groups (broad SMARTS) is 2. The van der Waals surface area contributed by atoms with E-state index in [1.807, 2.05) is 18.7 Å². The predicted octanol–water partition coefficient (Wildman–Crippen LogP) is 2.82. The number of hydrogen-bond donors (Lipinski definition) is 2. The fourth-order valence-corrected chi connectivity index (χ4v) is 1.98. The van der Waals surface area contributed by atoms with E-state index >= 15 is 0 Å². The number of likely N-dealkylation sites (N-methyl/N-ethyl adjacent to an activating group) is 1. The number of nitrogens with zero attached hydrogens (tertiary/aromatic N) is 2. The van der Waals surface area contributed by atoms with Gasteiger partial charge in [-0.05, 0) is 13.1 Å². The van der Waals surface area contributed by atoms with Gasteiger partial charge >= 0.3 is 11.9 Å². The van der Waals surface area contributed by atoms with Gasteiger partial charge < -0.3 is 20.0 Å². The van der Waals surface area contributed by atoms with Crippen molar-refractivity contribution >= 4 is 23.7 Å². The highest BCUT2D eigenvalue weighted by Crippen LogP contribution is 2.30. The Balaban J connectivity index is 0.000000972. The van der Waals surface area contributed by atoms with Crippen molar-refractivity contribution in [3.8, 4) is 0 Å². The third-order valence-corrected chi connectivity index (χ3v) is 3.45. The van der Waals surface area contributed by atoms with Crippen molar-refractivity contribution in [2.24, 2.45) is 0 Å². The van der Waals surface area contributed by atoms with E-state index in [4.69, 9.17) is 19.8 Å². The lowest BCUT2D eigenvalue weighted by molar-refractivity contribution is -0.159. The number of halogens is 4. The number of carboxylic acids is 2. The molecule has 10 heteroatoms. The van der Waals surface area contributed by atoms with E-state index in [2.05, 4.69) is 0 Å². The van der Waals surface area contributed by atoms with Crippen molar-refractivity contribution in [3.05, 3.63) is 34.9 Å². The van der Waals surface area contributed by atoms with Crippen molar-refractivity contribution in [1.82, 2.24) is 4.90 Å². The molecule has 0 amide bonds. The monoisotopic (exact) mass is 394 g/mol. The molecule has 152 valence electrons. The van der Waals surface area contributed by atoms with Crippen molar-refractivity contribution in [1.29, 1.82) is 0 Å². The van der Waals surface area contributed by atoms with Gasteiger partial charge in [-0.1, -0.05) is 26.0 Å². The molecule has 0 bridgehead atoms. The van der Waals surface area contributed by atoms with Crippen LogP contribution in [0, 0.1) is 23.3 Å². The van der Waals surface area contributed by atoms with Gasteiger partial charge in [0.05, 0.1) is 5.56 Å². The van der Waals surface area contributed by atoms with Crippen LogP contribution in [-0.2, 0) is 9.59 Å². The minimum Gasteiger partial charge on any atom is -0.473 e. The Labute approximate surface area is 154 Å². The van der Waals surface area contributed by atoms with Gasteiger partial charge in [0.15, 0.2) is 23.3 Å². The minimum absolute atomic E-state index is 0.449. The van der Waals surface area contributed by atoms with Crippen molar-refractivity contribution < 1.29 is 37.4 Å². The number of hydrogen-bond acceptors (Lipinski definition) is 4. The summed E-state index contributed by atoms with van der Waals surface area (Å²) in [5.41, 5.74) is -1.41. The summed E-state index contributed by atoms with van der Waals surface area (Å²) in [6.45, 7) is 5.89. The highest BCUT2D eigenvalue weighted by molar-refractivity contribution is 6.27. The summed E-state index contributed by atoms with van der Waals surface area (Å²) in [6, 6.07) is 0. The van der Waals surface area contributed by atoms with Crippen LogP contribution in [0.15, 0.2) is 6.08 Å². The molecule has 1 aromatic carbocycles. The van der Waals surface area contributed by atoms with Crippen LogP contribution < -0.4 is 4.90 Å². The second kappa shape index (κ2) is 11.2. The maximum Gasteiger partial charge on any atom is 0.414 e. The highest BCUT2D eigenvalue weighted by Gasteiger charge is 2.25.